The van der Waals surface area contributed by atoms with E-state index in [4.69, 9.17) is 4.42 Å². The molecule has 8 heteroatoms. The van der Waals surface area contributed by atoms with Gasteiger partial charge in [0.25, 0.3) is 11.8 Å². The smallest absolute Gasteiger partial charge is 0.293 e. The van der Waals surface area contributed by atoms with Crippen molar-refractivity contribution < 1.29 is 14.0 Å². The van der Waals surface area contributed by atoms with Gasteiger partial charge in [0.05, 0.1) is 12.0 Å². The lowest BCUT2D eigenvalue weighted by Crippen LogP contribution is -2.50. The summed E-state index contributed by atoms with van der Waals surface area (Å²) in [6.45, 7) is 3.58. The van der Waals surface area contributed by atoms with E-state index in [-0.39, 0.29) is 17.6 Å². The van der Waals surface area contributed by atoms with Gasteiger partial charge in [-0.05, 0) is 31.2 Å². The molecule has 1 aliphatic rings. The molecule has 1 aromatic carbocycles. The SMILES string of the molecule is Cc1nc(C(=O)N2CCN(C(=O)c3ccco3)CC2)nn1-c1ccccc1. The molecule has 0 radical (unpaired) electrons. The number of hydrogen-bond acceptors (Lipinski definition) is 5. The fourth-order valence-electron chi connectivity index (χ4n) is 3.10. The molecular weight excluding hydrogens is 346 g/mol. The molecule has 0 spiro atoms. The van der Waals surface area contributed by atoms with Crippen molar-refractivity contribution in [1.82, 2.24) is 24.6 Å². The lowest BCUT2D eigenvalue weighted by Gasteiger charge is -2.33. The lowest BCUT2D eigenvalue weighted by atomic mass is 10.2. The minimum absolute atomic E-state index is 0.158. The van der Waals surface area contributed by atoms with Crippen LogP contribution in [0.25, 0.3) is 5.69 Å². The first kappa shape index (κ1) is 17.0. The van der Waals surface area contributed by atoms with Gasteiger partial charge in [0.1, 0.15) is 5.82 Å². The van der Waals surface area contributed by atoms with E-state index >= 15 is 0 Å². The monoisotopic (exact) mass is 365 g/mol. The molecule has 2 aromatic heterocycles. The van der Waals surface area contributed by atoms with Gasteiger partial charge in [-0.25, -0.2) is 9.67 Å². The Morgan fingerprint density at radius 2 is 1.59 bits per heavy atom. The van der Waals surface area contributed by atoms with Crippen molar-refractivity contribution in [3.63, 3.8) is 0 Å². The Hall–Kier alpha value is -3.42. The Balaban J connectivity index is 1.43. The van der Waals surface area contributed by atoms with Gasteiger partial charge in [-0.1, -0.05) is 18.2 Å². The Morgan fingerprint density at radius 3 is 2.22 bits per heavy atom. The normalized spacial score (nSPS) is 14.4. The molecular formula is C19H19N5O3. The van der Waals surface area contributed by atoms with Crippen LogP contribution in [0, 0.1) is 6.92 Å². The highest BCUT2D eigenvalue weighted by Gasteiger charge is 2.28. The van der Waals surface area contributed by atoms with Crippen LogP contribution < -0.4 is 0 Å². The number of carbonyl (C=O) groups excluding carboxylic acids is 2. The van der Waals surface area contributed by atoms with Gasteiger partial charge in [-0.2, -0.15) is 0 Å². The maximum atomic E-state index is 12.8. The van der Waals surface area contributed by atoms with E-state index in [1.807, 2.05) is 37.3 Å². The van der Waals surface area contributed by atoms with E-state index in [0.717, 1.165) is 5.69 Å². The molecule has 0 atom stereocenters. The molecule has 2 amide bonds. The molecule has 3 aromatic rings. The van der Waals surface area contributed by atoms with Crippen LogP contribution in [0.3, 0.4) is 0 Å². The van der Waals surface area contributed by atoms with Crippen LogP contribution in [0.5, 0.6) is 0 Å². The highest BCUT2D eigenvalue weighted by molar-refractivity contribution is 5.92. The van der Waals surface area contributed by atoms with E-state index in [1.165, 1.54) is 6.26 Å². The summed E-state index contributed by atoms with van der Waals surface area (Å²) < 4.78 is 6.81. The Morgan fingerprint density at radius 1 is 0.926 bits per heavy atom. The predicted molar refractivity (Wildman–Crippen MR) is 96.6 cm³/mol. The Labute approximate surface area is 156 Å². The molecule has 3 heterocycles. The highest BCUT2D eigenvalue weighted by atomic mass is 16.3. The summed E-state index contributed by atoms with van der Waals surface area (Å²) in [6, 6.07) is 12.9. The molecule has 0 aliphatic carbocycles. The lowest BCUT2D eigenvalue weighted by molar-refractivity contribution is 0.0512. The van der Waals surface area contributed by atoms with Gasteiger partial charge < -0.3 is 14.2 Å². The van der Waals surface area contributed by atoms with Crippen molar-refractivity contribution in [2.45, 2.75) is 6.92 Å². The number of aromatic nitrogens is 3. The van der Waals surface area contributed by atoms with Crippen molar-refractivity contribution in [1.29, 1.82) is 0 Å². The van der Waals surface area contributed by atoms with Gasteiger partial charge >= 0.3 is 0 Å². The fourth-order valence-corrected chi connectivity index (χ4v) is 3.10. The number of piperazine rings is 1. The zero-order valence-corrected chi connectivity index (χ0v) is 14.9. The summed E-state index contributed by atoms with van der Waals surface area (Å²) in [5.41, 5.74) is 0.857. The maximum absolute atomic E-state index is 12.8. The molecule has 1 saturated heterocycles. The molecule has 1 aliphatic heterocycles. The number of carbonyl (C=O) groups is 2. The zero-order chi connectivity index (χ0) is 18.8. The van der Waals surface area contributed by atoms with Crippen LogP contribution in [0.4, 0.5) is 0 Å². The van der Waals surface area contributed by atoms with E-state index in [1.54, 1.807) is 26.6 Å². The number of aryl methyl sites for hydroxylation is 1. The molecule has 138 valence electrons. The summed E-state index contributed by atoms with van der Waals surface area (Å²) in [4.78, 5) is 32.8. The highest BCUT2D eigenvalue weighted by Crippen LogP contribution is 2.13. The van der Waals surface area contributed by atoms with Crippen molar-refractivity contribution in [2.75, 3.05) is 26.2 Å². The maximum Gasteiger partial charge on any atom is 0.293 e. The quantitative estimate of drug-likeness (QED) is 0.706. The zero-order valence-electron chi connectivity index (χ0n) is 14.9. The first-order valence-corrected chi connectivity index (χ1v) is 8.74. The first-order chi connectivity index (χ1) is 13.1. The van der Waals surface area contributed by atoms with E-state index in [2.05, 4.69) is 10.1 Å². The van der Waals surface area contributed by atoms with Gasteiger partial charge in [-0.15, -0.1) is 5.10 Å². The average molecular weight is 365 g/mol. The van der Waals surface area contributed by atoms with Crippen LogP contribution in [-0.2, 0) is 0 Å². The van der Waals surface area contributed by atoms with Crippen LogP contribution in [0.1, 0.15) is 27.0 Å². The number of rotatable bonds is 3. The van der Waals surface area contributed by atoms with Crippen LogP contribution in [0.2, 0.25) is 0 Å². The first-order valence-electron chi connectivity index (χ1n) is 8.74. The summed E-state index contributed by atoms with van der Waals surface area (Å²) in [6.07, 6.45) is 1.48. The number of benzene rings is 1. The predicted octanol–water partition coefficient (Wildman–Crippen LogP) is 1.77. The summed E-state index contributed by atoms with van der Waals surface area (Å²) in [5.74, 6) is 0.749. The standard InChI is InChI=1S/C19H19N5O3/c1-14-20-17(21-24(14)15-6-3-2-4-7-15)19(26)23-11-9-22(10-12-23)18(25)16-8-5-13-27-16/h2-8,13H,9-12H2,1H3. The van der Waals surface area contributed by atoms with Gasteiger partial charge in [0.2, 0.25) is 5.82 Å². The molecule has 8 nitrogen and oxygen atoms in total. The molecule has 0 saturated carbocycles. The van der Waals surface area contributed by atoms with E-state index in [9.17, 15) is 9.59 Å². The number of furan rings is 1. The molecule has 4 rings (SSSR count). The van der Waals surface area contributed by atoms with E-state index in [0.29, 0.717) is 37.8 Å². The largest absolute Gasteiger partial charge is 0.459 e. The van der Waals surface area contributed by atoms with E-state index < -0.39 is 0 Å². The Bertz CT molecular complexity index is 941. The molecule has 0 bridgehead atoms. The molecule has 0 unspecified atom stereocenters. The van der Waals surface area contributed by atoms with Crippen LogP contribution in [0.15, 0.2) is 53.1 Å². The summed E-state index contributed by atoms with van der Waals surface area (Å²) >= 11 is 0. The summed E-state index contributed by atoms with van der Waals surface area (Å²) in [7, 11) is 0. The average Bonchev–Trinajstić information content (AvgIpc) is 3.38. The summed E-state index contributed by atoms with van der Waals surface area (Å²) in [5, 5.41) is 4.37. The minimum atomic E-state index is -0.224. The second-order valence-electron chi connectivity index (χ2n) is 6.29. The van der Waals surface area contributed by atoms with Crippen molar-refractivity contribution in [3.8, 4) is 5.69 Å². The molecule has 27 heavy (non-hydrogen) atoms. The third kappa shape index (κ3) is 3.33. The van der Waals surface area contributed by atoms with Crippen LogP contribution >= 0.6 is 0 Å². The third-order valence-electron chi connectivity index (χ3n) is 4.55. The van der Waals surface area contributed by atoms with Crippen molar-refractivity contribution in [3.05, 3.63) is 66.1 Å². The minimum Gasteiger partial charge on any atom is -0.459 e. The number of hydrogen-bond donors (Lipinski definition) is 0. The molecule has 1 fully saturated rings. The second-order valence-corrected chi connectivity index (χ2v) is 6.29. The fraction of sp³-hybridized carbons (Fsp3) is 0.263. The van der Waals surface area contributed by atoms with Gasteiger partial charge in [0.15, 0.2) is 5.76 Å². The van der Waals surface area contributed by atoms with Crippen LogP contribution in [-0.4, -0.2) is 62.6 Å². The number of para-hydroxylation sites is 1. The van der Waals surface area contributed by atoms with Gasteiger partial charge in [0, 0.05) is 26.2 Å². The third-order valence-corrected chi connectivity index (χ3v) is 4.55. The van der Waals surface area contributed by atoms with Crippen molar-refractivity contribution in [2.24, 2.45) is 0 Å². The van der Waals surface area contributed by atoms with Crippen molar-refractivity contribution >= 4 is 11.8 Å². The second kappa shape index (κ2) is 7.06. The van der Waals surface area contributed by atoms with Gasteiger partial charge in [-0.3, -0.25) is 9.59 Å². The molecule has 0 N–H and O–H groups in total. The number of amides is 2. The number of nitrogens with zero attached hydrogens (tertiary/aromatic N) is 5. The topological polar surface area (TPSA) is 84.5 Å². The Kier molecular flexibility index (Phi) is 4.45.